The van der Waals surface area contributed by atoms with E-state index in [0.29, 0.717) is 0 Å². The molecule has 3 heterocycles. The maximum atomic E-state index is 5.66. The zero-order chi connectivity index (χ0) is 13.2. The average Bonchev–Trinajstić information content (AvgIpc) is 3.02. The molecule has 2 nitrogen and oxygen atoms in total. The van der Waals surface area contributed by atoms with Crippen molar-refractivity contribution in [1.29, 1.82) is 0 Å². The van der Waals surface area contributed by atoms with E-state index in [2.05, 4.69) is 34.2 Å². The van der Waals surface area contributed by atoms with E-state index in [0.717, 1.165) is 22.5 Å². The topological polar surface area (TPSA) is 25.2 Å². The molecular weight excluding hydrogens is 342 g/mol. The number of hydrogen-bond acceptors (Lipinski definition) is 4. The van der Waals surface area contributed by atoms with Crippen LogP contribution in [0.3, 0.4) is 0 Å². The maximum absolute atomic E-state index is 5.66. The molecular formula is C14H16BrNOS2. The Kier molecular flexibility index (Phi) is 4.37. The summed E-state index contributed by atoms with van der Waals surface area (Å²) in [6.45, 7) is 3.06. The van der Waals surface area contributed by atoms with Crippen LogP contribution < -0.4 is 5.32 Å². The van der Waals surface area contributed by atoms with Crippen LogP contribution in [0.2, 0.25) is 0 Å². The van der Waals surface area contributed by atoms with Crippen molar-refractivity contribution >= 4 is 39.0 Å². The molecule has 19 heavy (non-hydrogen) atoms. The summed E-state index contributed by atoms with van der Waals surface area (Å²) in [6, 6.07) is 4.48. The molecule has 3 rings (SSSR count). The SMILES string of the molecule is CCNC(c1cc2c(s1)CCSC2)c1occc1Br. The smallest absolute Gasteiger partial charge is 0.140 e. The van der Waals surface area contributed by atoms with Crippen molar-refractivity contribution in [1.82, 2.24) is 5.32 Å². The number of furan rings is 1. The number of aryl methyl sites for hydroxylation is 1. The summed E-state index contributed by atoms with van der Waals surface area (Å²) in [5.74, 6) is 3.39. The first-order valence-corrected chi connectivity index (χ1v) is 9.21. The fraction of sp³-hybridized carbons (Fsp3) is 0.429. The van der Waals surface area contributed by atoms with E-state index in [1.807, 2.05) is 29.2 Å². The van der Waals surface area contributed by atoms with Crippen LogP contribution in [0.15, 0.2) is 27.3 Å². The predicted octanol–water partition coefficient (Wildman–Crippen LogP) is 4.59. The molecule has 0 spiro atoms. The van der Waals surface area contributed by atoms with E-state index in [4.69, 9.17) is 4.42 Å². The van der Waals surface area contributed by atoms with Gasteiger partial charge in [-0.15, -0.1) is 11.3 Å². The first kappa shape index (κ1) is 13.7. The van der Waals surface area contributed by atoms with Gasteiger partial charge in [0.05, 0.1) is 10.7 Å². The highest BCUT2D eigenvalue weighted by Crippen LogP contribution is 2.38. The Bertz CT molecular complexity index is 540. The van der Waals surface area contributed by atoms with Crippen molar-refractivity contribution in [2.45, 2.75) is 25.1 Å². The summed E-state index contributed by atoms with van der Waals surface area (Å²) in [5, 5.41) is 3.53. The van der Waals surface area contributed by atoms with Gasteiger partial charge < -0.3 is 9.73 Å². The maximum Gasteiger partial charge on any atom is 0.140 e. The first-order valence-electron chi connectivity index (χ1n) is 6.45. The predicted molar refractivity (Wildman–Crippen MR) is 86.1 cm³/mol. The summed E-state index contributed by atoms with van der Waals surface area (Å²) < 4.78 is 6.70. The van der Waals surface area contributed by atoms with E-state index in [9.17, 15) is 0 Å². The van der Waals surface area contributed by atoms with Gasteiger partial charge in [-0.1, -0.05) is 6.92 Å². The standard InChI is InChI=1S/C14H16BrNOS2/c1-2-16-13(14-10(15)3-5-17-14)12-7-9-8-18-6-4-11(9)19-12/h3,5,7,13,16H,2,4,6,8H2,1H3. The molecule has 1 aliphatic rings. The van der Waals surface area contributed by atoms with E-state index in [1.54, 1.807) is 11.1 Å². The van der Waals surface area contributed by atoms with Crippen molar-refractivity contribution < 1.29 is 4.42 Å². The number of nitrogens with one attached hydrogen (secondary N) is 1. The zero-order valence-corrected chi connectivity index (χ0v) is 14.0. The lowest BCUT2D eigenvalue weighted by Crippen LogP contribution is -2.20. The van der Waals surface area contributed by atoms with Gasteiger partial charge >= 0.3 is 0 Å². The molecule has 0 amide bonds. The Morgan fingerprint density at radius 2 is 2.42 bits per heavy atom. The first-order chi connectivity index (χ1) is 9.29. The number of halogens is 1. The van der Waals surface area contributed by atoms with Gasteiger partial charge in [-0.2, -0.15) is 11.8 Å². The van der Waals surface area contributed by atoms with Gasteiger partial charge in [-0.05, 0) is 52.3 Å². The molecule has 0 fully saturated rings. The minimum atomic E-state index is 0.162. The number of thiophene rings is 1. The monoisotopic (exact) mass is 357 g/mol. The van der Waals surface area contributed by atoms with Crippen molar-refractivity contribution in [2.75, 3.05) is 12.3 Å². The Morgan fingerprint density at radius 1 is 1.53 bits per heavy atom. The lowest BCUT2D eigenvalue weighted by atomic mass is 10.1. The highest BCUT2D eigenvalue weighted by atomic mass is 79.9. The second-order valence-corrected chi connectivity index (χ2v) is 7.65. The van der Waals surface area contributed by atoms with Crippen molar-refractivity contribution in [3.8, 4) is 0 Å². The zero-order valence-electron chi connectivity index (χ0n) is 10.7. The average molecular weight is 358 g/mol. The van der Waals surface area contributed by atoms with Gasteiger partial charge in [-0.25, -0.2) is 0 Å². The minimum absolute atomic E-state index is 0.162. The summed E-state index contributed by atoms with van der Waals surface area (Å²) >= 11 is 7.54. The van der Waals surface area contributed by atoms with Crippen LogP contribution in [0, 0.1) is 0 Å². The molecule has 5 heteroatoms. The highest BCUT2D eigenvalue weighted by Gasteiger charge is 2.23. The quantitative estimate of drug-likeness (QED) is 0.865. The van der Waals surface area contributed by atoms with Crippen molar-refractivity contribution in [3.63, 3.8) is 0 Å². The molecule has 0 aromatic carbocycles. The summed E-state index contributed by atoms with van der Waals surface area (Å²) in [6.07, 6.45) is 2.95. The van der Waals surface area contributed by atoms with E-state index < -0.39 is 0 Å². The van der Waals surface area contributed by atoms with Crippen LogP contribution in [-0.2, 0) is 12.2 Å². The largest absolute Gasteiger partial charge is 0.466 e. The van der Waals surface area contributed by atoms with E-state index in [-0.39, 0.29) is 6.04 Å². The van der Waals surface area contributed by atoms with Gasteiger partial charge in [0.25, 0.3) is 0 Å². The van der Waals surface area contributed by atoms with Gasteiger partial charge in [0.15, 0.2) is 0 Å². The molecule has 0 saturated heterocycles. The molecule has 0 bridgehead atoms. The van der Waals surface area contributed by atoms with Crippen LogP contribution >= 0.6 is 39.0 Å². The molecule has 0 aliphatic carbocycles. The van der Waals surface area contributed by atoms with Gasteiger partial charge in [-0.3, -0.25) is 0 Å². The molecule has 2 aromatic rings. The third-order valence-electron chi connectivity index (χ3n) is 3.25. The van der Waals surface area contributed by atoms with Gasteiger partial charge in [0.2, 0.25) is 0 Å². The third-order valence-corrected chi connectivity index (χ3v) is 6.21. The Morgan fingerprint density at radius 3 is 3.11 bits per heavy atom. The van der Waals surface area contributed by atoms with Crippen molar-refractivity contribution in [3.05, 3.63) is 43.9 Å². The summed E-state index contributed by atoms with van der Waals surface area (Å²) in [7, 11) is 0. The number of thioether (sulfide) groups is 1. The molecule has 1 atom stereocenters. The fourth-order valence-corrected chi connectivity index (χ4v) is 5.23. The molecule has 2 aromatic heterocycles. The summed E-state index contributed by atoms with van der Waals surface area (Å²) in [4.78, 5) is 2.92. The fourth-order valence-electron chi connectivity index (χ4n) is 2.35. The van der Waals surface area contributed by atoms with Crippen LogP contribution in [0.1, 0.15) is 34.0 Å². The molecule has 0 radical (unpaired) electrons. The molecule has 1 N–H and O–H groups in total. The number of hydrogen-bond donors (Lipinski definition) is 1. The number of rotatable bonds is 4. The van der Waals surface area contributed by atoms with Gasteiger partial charge in [0, 0.05) is 15.5 Å². The van der Waals surface area contributed by atoms with Crippen molar-refractivity contribution in [2.24, 2.45) is 0 Å². The lowest BCUT2D eigenvalue weighted by Gasteiger charge is -2.14. The normalized spacial score (nSPS) is 16.3. The minimum Gasteiger partial charge on any atom is -0.466 e. The molecule has 102 valence electrons. The summed E-state index contributed by atoms with van der Waals surface area (Å²) in [5.41, 5.74) is 1.52. The molecule has 1 unspecified atom stereocenters. The van der Waals surface area contributed by atoms with E-state index in [1.165, 1.54) is 22.6 Å². The van der Waals surface area contributed by atoms with Crippen LogP contribution in [0.5, 0.6) is 0 Å². The Hall–Kier alpha value is -0.230. The lowest BCUT2D eigenvalue weighted by molar-refractivity contribution is 0.453. The van der Waals surface area contributed by atoms with Crippen LogP contribution in [0.4, 0.5) is 0 Å². The molecule has 1 aliphatic heterocycles. The highest BCUT2D eigenvalue weighted by molar-refractivity contribution is 9.10. The second-order valence-electron chi connectivity index (χ2n) is 4.52. The number of fused-ring (bicyclic) bond motifs is 1. The second kappa shape index (κ2) is 6.04. The van der Waals surface area contributed by atoms with Gasteiger partial charge in [0.1, 0.15) is 11.8 Å². The molecule has 0 saturated carbocycles. The van der Waals surface area contributed by atoms with Crippen LogP contribution in [-0.4, -0.2) is 12.3 Å². The van der Waals surface area contributed by atoms with E-state index >= 15 is 0 Å². The Labute approximate surface area is 130 Å². The Balaban J connectivity index is 1.96. The van der Waals surface area contributed by atoms with Crippen LogP contribution in [0.25, 0.3) is 0 Å². The third kappa shape index (κ3) is 2.79.